The third kappa shape index (κ3) is 2.15. The highest BCUT2D eigenvalue weighted by molar-refractivity contribution is 5.81. The molecule has 3 rings (SSSR count). The van der Waals surface area contributed by atoms with Crippen molar-refractivity contribution < 1.29 is 14.3 Å². The summed E-state index contributed by atoms with van der Waals surface area (Å²) >= 11 is 0. The number of para-hydroxylation sites is 1. The highest BCUT2D eigenvalue weighted by Gasteiger charge is 2.41. The monoisotopic (exact) mass is 274 g/mol. The summed E-state index contributed by atoms with van der Waals surface area (Å²) in [4.78, 5) is 0. The van der Waals surface area contributed by atoms with Gasteiger partial charge < -0.3 is 14.3 Å². The predicted molar refractivity (Wildman–Crippen MR) is 78.7 cm³/mol. The Bertz CT molecular complexity index is 593. The fourth-order valence-electron chi connectivity index (χ4n) is 3.36. The van der Waals surface area contributed by atoms with Crippen molar-refractivity contribution >= 4 is 11.0 Å². The molecule has 2 aromatic rings. The zero-order valence-electron chi connectivity index (χ0n) is 12.2. The Morgan fingerprint density at radius 2 is 2.00 bits per heavy atom. The Labute approximate surface area is 119 Å². The first-order valence-electron chi connectivity index (χ1n) is 7.38. The van der Waals surface area contributed by atoms with Crippen molar-refractivity contribution in [1.82, 2.24) is 0 Å². The minimum atomic E-state index is -0.695. The number of fused-ring (bicyclic) bond motifs is 1. The van der Waals surface area contributed by atoms with Crippen LogP contribution in [0.3, 0.4) is 0 Å². The van der Waals surface area contributed by atoms with E-state index in [2.05, 4.69) is 0 Å². The Morgan fingerprint density at radius 1 is 1.25 bits per heavy atom. The lowest BCUT2D eigenvalue weighted by atomic mass is 9.79. The summed E-state index contributed by atoms with van der Waals surface area (Å²) in [6.45, 7) is 2.02. The Balaban J connectivity index is 1.98. The van der Waals surface area contributed by atoms with Gasteiger partial charge in [-0.1, -0.05) is 37.5 Å². The van der Waals surface area contributed by atoms with Crippen molar-refractivity contribution in [3.8, 4) is 0 Å². The van der Waals surface area contributed by atoms with E-state index in [1.807, 2.05) is 31.2 Å². The number of aryl methyl sites for hydroxylation is 1. The Kier molecular flexibility index (Phi) is 3.57. The molecule has 0 amide bonds. The standard InChI is InChI=1S/C17H22O3/c1-12-7-6-8-13-11-14(20-15(12)13)16(18)17(19-2)9-4-3-5-10-17/h6-8,11,16,18H,3-5,9-10H2,1-2H3. The van der Waals surface area contributed by atoms with E-state index < -0.39 is 11.7 Å². The summed E-state index contributed by atoms with van der Waals surface area (Å²) < 4.78 is 11.6. The van der Waals surface area contributed by atoms with E-state index in [0.717, 1.165) is 42.2 Å². The maximum Gasteiger partial charge on any atom is 0.140 e. The molecule has 1 atom stereocenters. The van der Waals surface area contributed by atoms with E-state index in [0.29, 0.717) is 5.76 Å². The maximum atomic E-state index is 10.8. The molecule has 1 aliphatic carbocycles. The molecular weight excluding hydrogens is 252 g/mol. The van der Waals surface area contributed by atoms with Gasteiger partial charge in [0.05, 0.1) is 0 Å². The average molecular weight is 274 g/mol. The minimum Gasteiger partial charge on any atom is -0.458 e. The first-order valence-corrected chi connectivity index (χ1v) is 7.38. The van der Waals surface area contributed by atoms with Crippen molar-refractivity contribution in [3.63, 3.8) is 0 Å². The second-order valence-electron chi connectivity index (χ2n) is 5.87. The van der Waals surface area contributed by atoms with Gasteiger partial charge in [0, 0.05) is 12.5 Å². The number of rotatable bonds is 3. The number of furan rings is 1. The summed E-state index contributed by atoms with van der Waals surface area (Å²) in [5, 5.41) is 11.8. The summed E-state index contributed by atoms with van der Waals surface area (Å²) in [5.41, 5.74) is 1.47. The highest BCUT2D eigenvalue weighted by atomic mass is 16.5. The smallest absolute Gasteiger partial charge is 0.140 e. The van der Waals surface area contributed by atoms with Gasteiger partial charge in [-0.05, 0) is 31.4 Å². The molecule has 0 aliphatic heterocycles. The number of aliphatic hydroxyl groups excluding tert-OH is 1. The molecule has 1 N–H and O–H groups in total. The van der Waals surface area contributed by atoms with Crippen LogP contribution in [0.2, 0.25) is 0 Å². The number of benzene rings is 1. The molecule has 0 spiro atoms. The third-order valence-corrected chi connectivity index (χ3v) is 4.63. The minimum absolute atomic E-state index is 0.486. The largest absolute Gasteiger partial charge is 0.458 e. The van der Waals surface area contributed by atoms with Gasteiger partial charge in [0.1, 0.15) is 23.0 Å². The summed E-state index contributed by atoms with van der Waals surface area (Å²) in [6, 6.07) is 8.00. The fraction of sp³-hybridized carbons (Fsp3) is 0.529. The van der Waals surface area contributed by atoms with Crippen molar-refractivity contribution in [2.75, 3.05) is 7.11 Å². The zero-order chi connectivity index (χ0) is 14.2. The van der Waals surface area contributed by atoms with Gasteiger partial charge in [-0.2, -0.15) is 0 Å². The van der Waals surface area contributed by atoms with Crippen LogP contribution in [-0.2, 0) is 4.74 Å². The first kappa shape index (κ1) is 13.7. The van der Waals surface area contributed by atoms with E-state index in [-0.39, 0.29) is 0 Å². The van der Waals surface area contributed by atoms with Crippen molar-refractivity contribution in [3.05, 3.63) is 35.6 Å². The molecule has 1 saturated carbocycles. The molecule has 1 aromatic heterocycles. The van der Waals surface area contributed by atoms with Gasteiger partial charge in [-0.15, -0.1) is 0 Å². The zero-order valence-corrected chi connectivity index (χ0v) is 12.2. The maximum absolute atomic E-state index is 10.8. The molecule has 0 saturated heterocycles. The number of ether oxygens (including phenoxy) is 1. The number of methoxy groups -OCH3 is 1. The molecule has 3 heteroatoms. The van der Waals surface area contributed by atoms with Gasteiger partial charge in [-0.3, -0.25) is 0 Å². The van der Waals surface area contributed by atoms with Gasteiger partial charge in [0.15, 0.2) is 0 Å². The van der Waals surface area contributed by atoms with Crippen LogP contribution in [0.15, 0.2) is 28.7 Å². The van der Waals surface area contributed by atoms with Crippen LogP contribution >= 0.6 is 0 Å². The number of hydrogen-bond acceptors (Lipinski definition) is 3. The van der Waals surface area contributed by atoms with Gasteiger partial charge in [0.2, 0.25) is 0 Å². The lowest BCUT2D eigenvalue weighted by Crippen LogP contribution is -2.40. The molecule has 1 fully saturated rings. The molecule has 1 heterocycles. The fourth-order valence-corrected chi connectivity index (χ4v) is 3.36. The van der Waals surface area contributed by atoms with Crippen LogP contribution in [0.25, 0.3) is 11.0 Å². The Hall–Kier alpha value is -1.32. The lowest BCUT2D eigenvalue weighted by Gasteiger charge is -2.38. The van der Waals surface area contributed by atoms with Crippen LogP contribution in [-0.4, -0.2) is 17.8 Å². The molecule has 1 aromatic carbocycles. The van der Waals surface area contributed by atoms with E-state index >= 15 is 0 Å². The summed E-state index contributed by atoms with van der Waals surface area (Å²) in [7, 11) is 1.70. The second-order valence-corrected chi connectivity index (χ2v) is 5.87. The molecule has 1 unspecified atom stereocenters. The van der Waals surface area contributed by atoms with Gasteiger partial charge >= 0.3 is 0 Å². The molecule has 3 nitrogen and oxygen atoms in total. The van der Waals surface area contributed by atoms with Crippen LogP contribution in [0.4, 0.5) is 0 Å². The van der Waals surface area contributed by atoms with Crippen LogP contribution < -0.4 is 0 Å². The van der Waals surface area contributed by atoms with Crippen LogP contribution in [0, 0.1) is 6.92 Å². The number of hydrogen-bond donors (Lipinski definition) is 1. The normalized spacial score (nSPS) is 20.1. The van der Waals surface area contributed by atoms with Crippen molar-refractivity contribution in [1.29, 1.82) is 0 Å². The summed E-state index contributed by atoms with van der Waals surface area (Å²) in [6.07, 6.45) is 4.51. The second kappa shape index (κ2) is 5.23. The van der Waals surface area contributed by atoms with E-state index in [1.165, 1.54) is 6.42 Å². The van der Waals surface area contributed by atoms with Gasteiger partial charge in [-0.25, -0.2) is 0 Å². The highest BCUT2D eigenvalue weighted by Crippen LogP contribution is 2.42. The van der Waals surface area contributed by atoms with Crippen molar-refractivity contribution in [2.24, 2.45) is 0 Å². The van der Waals surface area contributed by atoms with Crippen LogP contribution in [0.5, 0.6) is 0 Å². The van der Waals surface area contributed by atoms with Crippen LogP contribution in [0.1, 0.15) is 49.5 Å². The molecule has 0 bridgehead atoms. The molecule has 108 valence electrons. The quantitative estimate of drug-likeness (QED) is 0.915. The number of aliphatic hydroxyl groups is 1. The topological polar surface area (TPSA) is 42.6 Å². The average Bonchev–Trinajstić information content (AvgIpc) is 2.92. The van der Waals surface area contributed by atoms with E-state index in [9.17, 15) is 5.11 Å². The van der Waals surface area contributed by atoms with Gasteiger partial charge in [0.25, 0.3) is 0 Å². The van der Waals surface area contributed by atoms with Crippen molar-refractivity contribution in [2.45, 2.75) is 50.7 Å². The molecule has 1 aliphatic rings. The first-order chi connectivity index (χ1) is 9.66. The molecule has 20 heavy (non-hydrogen) atoms. The Morgan fingerprint density at radius 3 is 2.65 bits per heavy atom. The predicted octanol–water partition coefficient (Wildman–Crippen LogP) is 4.12. The lowest BCUT2D eigenvalue weighted by molar-refractivity contribution is -0.131. The van der Waals surface area contributed by atoms with E-state index in [1.54, 1.807) is 7.11 Å². The molecular formula is C17H22O3. The third-order valence-electron chi connectivity index (χ3n) is 4.63. The summed E-state index contributed by atoms with van der Waals surface area (Å²) in [5.74, 6) is 0.623. The SMILES string of the molecule is COC1(C(O)c2cc3cccc(C)c3o2)CCCCC1. The molecule has 0 radical (unpaired) electrons. The van der Waals surface area contributed by atoms with E-state index in [4.69, 9.17) is 9.15 Å².